The van der Waals surface area contributed by atoms with Gasteiger partial charge in [0.1, 0.15) is 0 Å². The van der Waals surface area contributed by atoms with Gasteiger partial charge in [-0.1, -0.05) is 6.04 Å². The third-order valence-corrected chi connectivity index (χ3v) is 1.44. The van der Waals surface area contributed by atoms with E-state index in [-0.39, 0.29) is 5.97 Å². The van der Waals surface area contributed by atoms with Gasteiger partial charge in [0.2, 0.25) is 0 Å². The molecule has 0 atom stereocenters. The molecule has 0 heterocycles. The molecule has 0 N–H and O–H groups in total. The van der Waals surface area contributed by atoms with Crippen LogP contribution in [-0.2, 0) is 9.53 Å². The second-order valence-electron chi connectivity index (χ2n) is 1.76. The summed E-state index contributed by atoms with van der Waals surface area (Å²) < 4.78 is 4.71. The van der Waals surface area contributed by atoms with E-state index in [4.69, 9.17) is 4.74 Å². The Hall–Kier alpha value is -0.313. The molecule has 0 fully saturated rings. The van der Waals surface area contributed by atoms with Gasteiger partial charge in [0, 0.05) is 16.7 Å². The maximum atomic E-state index is 10.6. The lowest BCUT2D eigenvalue weighted by atomic mass is 10.3. The Morgan fingerprint density at radius 1 is 1.67 bits per heavy atom. The molecule has 0 aromatic rings. The molecule has 0 unspecified atom stereocenters. The van der Waals surface area contributed by atoms with Crippen LogP contribution in [0.4, 0.5) is 0 Å². The van der Waals surface area contributed by atoms with Crippen LogP contribution in [0.15, 0.2) is 0 Å². The highest BCUT2D eigenvalue weighted by Gasteiger charge is 1.97. The van der Waals surface area contributed by atoms with Crippen LogP contribution in [0.25, 0.3) is 0 Å². The van der Waals surface area contributed by atoms with Gasteiger partial charge in [0.25, 0.3) is 0 Å². The average molecular weight is 145 g/mol. The summed E-state index contributed by atoms with van der Waals surface area (Å²) in [5.41, 5.74) is 0. The van der Waals surface area contributed by atoms with E-state index in [1.807, 2.05) is 17.2 Å². The van der Waals surface area contributed by atoms with E-state index in [0.717, 1.165) is 12.5 Å². The smallest absolute Gasteiger partial charge is 0.305 e. The minimum absolute atomic E-state index is 0.0656. The van der Waals surface area contributed by atoms with Crippen LogP contribution in [0.3, 0.4) is 0 Å². The van der Waals surface area contributed by atoms with Crippen LogP contribution in [0.5, 0.6) is 0 Å². The predicted octanol–water partition coefficient (Wildman–Crippen LogP) is 0.381. The van der Waals surface area contributed by atoms with Crippen molar-refractivity contribution in [2.24, 2.45) is 0 Å². The van der Waals surface area contributed by atoms with Gasteiger partial charge in [0.15, 0.2) is 0 Å². The number of carbonyl (C=O) groups is 1. The molecule has 0 rings (SSSR count). The molecule has 0 saturated heterocycles. The van der Waals surface area contributed by atoms with Crippen molar-refractivity contribution in [3.8, 4) is 0 Å². The normalized spacial score (nSPS) is 9.11. The highest BCUT2D eigenvalue weighted by molar-refractivity contribution is 6.08. The standard InChI is InChI=1S/C6H13O2Si/c1-2-8-6(7)4-3-5-9/h2-5,9H2,1H3. The molecule has 0 saturated carbocycles. The number of carbonyl (C=O) groups excluding carboxylic acids is 1. The zero-order valence-electron chi connectivity index (χ0n) is 5.85. The Balaban J connectivity index is 3.06. The first-order chi connectivity index (χ1) is 4.31. The largest absolute Gasteiger partial charge is 0.466 e. The molecule has 0 spiro atoms. The summed E-state index contributed by atoms with van der Waals surface area (Å²) in [6, 6.07) is 1.08. The zero-order chi connectivity index (χ0) is 7.11. The van der Waals surface area contributed by atoms with Gasteiger partial charge >= 0.3 is 5.97 Å². The van der Waals surface area contributed by atoms with E-state index >= 15 is 0 Å². The molecule has 2 nitrogen and oxygen atoms in total. The van der Waals surface area contributed by atoms with Crippen molar-refractivity contribution in [2.45, 2.75) is 25.8 Å². The lowest BCUT2D eigenvalue weighted by Crippen LogP contribution is -2.02. The number of hydrogen-bond acceptors (Lipinski definition) is 2. The lowest BCUT2D eigenvalue weighted by molar-refractivity contribution is -0.143. The Morgan fingerprint density at radius 2 is 2.33 bits per heavy atom. The van der Waals surface area contributed by atoms with Crippen LogP contribution in [-0.4, -0.2) is 22.8 Å². The van der Waals surface area contributed by atoms with Crippen LogP contribution in [0.2, 0.25) is 6.04 Å². The molecule has 0 aliphatic heterocycles. The van der Waals surface area contributed by atoms with Crippen molar-refractivity contribution >= 4 is 16.2 Å². The van der Waals surface area contributed by atoms with Crippen LogP contribution in [0.1, 0.15) is 19.8 Å². The summed E-state index contributed by atoms with van der Waals surface area (Å²) in [6.07, 6.45) is 1.54. The SMILES string of the molecule is CCOC(=O)CCC[SiH2]. The summed E-state index contributed by atoms with van der Waals surface area (Å²) in [5, 5.41) is 0. The fourth-order valence-corrected chi connectivity index (χ4v) is 0.752. The Kier molecular flexibility index (Phi) is 5.61. The van der Waals surface area contributed by atoms with Crippen LogP contribution >= 0.6 is 0 Å². The quantitative estimate of drug-likeness (QED) is 0.422. The zero-order valence-corrected chi connectivity index (χ0v) is 7.27. The maximum Gasteiger partial charge on any atom is 0.305 e. The first kappa shape index (κ1) is 8.69. The molecule has 3 heteroatoms. The molecule has 0 amide bonds. The molecule has 1 radical (unpaired) electrons. The number of rotatable bonds is 4. The number of ether oxygens (including phenoxy) is 1. The Morgan fingerprint density at radius 3 is 2.78 bits per heavy atom. The highest BCUT2D eigenvalue weighted by atomic mass is 28.1. The monoisotopic (exact) mass is 145 g/mol. The molecular formula is C6H13O2Si. The molecule has 0 aliphatic carbocycles. The second-order valence-corrected chi connectivity index (χ2v) is 2.47. The van der Waals surface area contributed by atoms with Gasteiger partial charge in [0.05, 0.1) is 6.61 Å². The second kappa shape index (κ2) is 5.82. The maximum absolute atomic E-state index is 10.6. The number of esters is 1. The van der Waals surface area contributed by atoms with Crippen molar-refractivity contribution in [3.63, 3.8) is 0 Å². The molecular weight excluding hydrogens is 132 g/mol. The summed E-state index contributed by atoms with van der Waals surface area (Å²) in [7, 11) is 1.88. The van der Waals surface area contributed by atoms with Gasteiger partial charge in [-0.15, -0.1) is 0 Å². The summed E-state index contributed by atoms with van der Waals surface area (Å²) in [5.74, 6) is -0.0656. The Bertz CT molecular complexity index is 83.1. The van der Waals surface area contributed by atoms with Gasteiger partial charge in [-0.3, -0.25) is 4.79 Å². The number of hydrogen-bond donors (Lipinski definition) is 0. The lowest BCUT2D eigenvalue weighted by Gasteiger charge is -1.97. The average Bonchev–Trinajstić information content (AvgIpc) is 1.85. The third kappa shape index (κ3) is 5.56. The van der Waals surface area contributed by atoms with Gasteiger partial charge in [-0.25, -0.2) is 0 Å². The van der Waals surface area contributed by atoms with E-state index in [1.165, 1.54) is 0 Å². The summed E-state index contributed by atoms with van der Waals surface area (Å²) in [6.45, 7) is 2.33. The molecule has 0 bridgehead atoms. The fraction of sp³-hybridized carbons (Fsp3) is 0.833. The highest BCUT2D eigenvalue weighted by Crippen LogP contribution is 1.94. The van der Waals surface area contributed by atoms with E-state index in [0.29, 0.717) is 13.0 Å². The van der Waals surface area contributed by atoms with E-state index < -0.39 is 0 Å². The van der Waals surface area contributed by atoms with Crippen LogP contribution < -0.4 is 0 Å². The third-order valence-electron chi connectivity index (χ3n) is 0.936. The summed E-state index contributed by atoms with van der Waals surface area (Å²) in [4.78, 5) is 10.6. The molecule has 53 valence electrons. The van der Waals surface area contributed by atoms with Crippen molar-refractivity contribution < 1.29 is 9.53 Å². The van der Waals surface area contributed by atoms with Crippen molar-refractivity contribution in [1.29, 1.82) is 0 Å². The van der Waals surface area contributed by atoms with E-state index in [2.05, 4.69) is 0 Å². The van der Waals surface area contributed by atoms with Gasteiger partial charge in [-0.05, 0) is 13.3 Å². The van der Waals surface area contributed by atoms with Gasteiger partial charge in [-0.2, -0.15) is 0 Å². The predicted molar refractivity (Wildman–Crippen MR) is 39.2 cm³/mol. The van der Waals surface area contributed by atoms with Crippen molar-refractivity contribution in [2.75, 3.05) is 6.61 Å². The van der Waals surface area contributed by atoms with Crippen LogP contribution in [0, 0.1) is 0 Å². The summed E-state index contributed by atoms with van der Waals surface area (Å²) >= 11 is 0. The minimum atomic E-state index is -0.0656. The fourth-order valence-electron chi connectivity index (χ4n) is 0.502. The Labute approximate surface area is 59.0 Å². The topological polar surface area (TPSA) is 26.3 Å². The molecule has 0 aromatic heterocycles. The van der Waals surface area contributed by atoms with E-state index in [9.17, 15) is 4.79 Å². The van der Waals surface area contributed by atoms with Crippen molar-refractivity contribution in [3.05, 3.63) is 0 Å². The van der Waals surface area contributed by atoms with Crippen molar-refractivity contribution in [1.82, 2.24) is 0 Å². The molecule has 0 aromatic carbocycles. The van der Waals surface area contributed by atoms with Gasteiger partial charge < -0.3 is 4.74 Å². The minimum Gasteiger partial charge on any atom is -0.466 e. The first-order valence-corrected chi connectivity index (χ1v) is 4.26. The molecule has 9 heavy (non-hydrogen) atoms. The first-order valence-electron chi connectivity index (χ1n) is 3.26. The van der Waals surface area contributed by atoms with E-state index in [1.54, 1.807) is 0 Å². The molecule has 0 aliphatic rings.